The molecule has 0 radical (unpaired) electrons. The molecular weight excluding hydrogens is 341 g/mol. The van der Waals surface area contributed by atoms with Gasteiger partial charge in [-0.25, -0.2) is 4.98 Å². The van der Waals surface area contributed by atoms with Crippen molar-refractivity contribution in [3.63, 3.8) is 0 Å². The summed E-state index contributed by atoms with van der Waals surface area (Å²) < 4.78 is 40.2. The van der Waals surface area contributed by atoms with Crippen molar-refractivity contribution in [2.45, 2.75) is 31.7 Å². The number of aromatic nitrogens is 1. The first-order valence-corrected chi connectivity index (χ1v) is 8.01. The van der Waals surface area contributed by atoms with Crippen molar-refractivity contribution in [1.29, 1.82) is 0 Å². The Kier molecular flexibility index (Phi) is 5.29. The van der Waals surface area contributed by atoms with Crippen LogP contribution >= 0.6 is 11.3 Å². The maximum atomic E-state index is 13.4. The molecule has 2 aromatic rings. The van der Waals surface area contributed by atoms with E-state index in [0.717, 1.165) is 10.5 Å². The highest BCUT2D eigenvalue weighted by atomic mass is 32.1. The third kappa shape index (κ3) is 3.93. The number of aryl methyl sites for hydroxylation is 1. The molecule has 1 aromatic carbocycles. The minimum Gasteiger partial charge on any atom is -0.374 e. The van der Waals surface area contributed by atoms with Crippen molar-refractivity contribution < 1.29 is 23.1 Å². The van der Waals surface area contributed by atoms with Gasteiger partial charge in [0.2, 0.25) is 11.5 Å². The van der Waals surface area contributed by atoms with Gasteiger partial charge < -0.3 is 10.0 Å². The molecule has 0 spiro atoms. The summed E-state index contributed by atoms with van der Waals surface area (Å²) >= 11 is 0.689. The Morgan fingerprint density at radius 2 is 1.92 bits per heavy atom. The highest BCUT2D eigenvalue weighted by molar-refractivity contribution is 7.09. The lowest BCUT2D eigenvalue weighted by molar-refractivity contribution is -0.268. The van der Waals surface area contributed by atoms with E-state index < -0.39 is 29.1 Å². The molecule has 1 unspecified atom stereocenters. The first-order chi connectivity index (χ1) is 11.1. The Morgan fingerprint density at radius 1 is 1.29 bits per heavy atom. The molecule has 24 heavy (non-hydrogen) atoms. The van der Waals surface area contributed by atoms with Crippen molar-refractivity contribution in [2.75, 3.05) is 7.05 Å². The number of hydrogen-bond donors (Lipinski definition) is 1. The van der Waals surface area contributed by atoms with Gasteiger partial charge in [0.25, 0.3) is 0 Å². The summed E-state index contributed by atoms with van der Waals surface area (Å²) in [6.07, 6.45) is -6.10. The van der Waals surface area contributed by atoms with Gasteiger partial charge in [0.1, 0.15) is 5.01 Å². The van der Waals surface area contributed by atoms with E-state index in [2.05, 4.69) is 4.98 Å². The molecule has 0 fully saturated rings. The molecule has 0 saturated heterocycles. The van der Waals surface area contributed by atoms with E-state index in [0.29, 0.717) is 17.0 Å². The number of benzene rings is 1. The minimum absolute atomic E-state index is 0.157. The Hall–Kier alpha value is -1.93. The molecule has 0 saturated carbocycles. The topological polar surface area (TPSA) is 53.4 Å². The van der Waals surface area contributed by atoms with Gasteiger partial charge in [-0.3, -0.25) is 4.79 Å². The number of carbonyl (C=O) groups excluding carboxylic acids is 1. The van der Waals surface area contributed by atoms with Gasteiger partial charge >= 0.3 is 6.18 Å². The summed E-state index contributed by atoms with van der Waals surface area (Å²) in [4.78, 5) is 17.1. The molecule has 0 aliphatic rings. The Labute approximate surface area is 141 Å². The molecular formula is C16H17F3N2O2S. The second-order valence-electron chi connectivity index (χ2n) is 5.56. The fourth-order valence-corrected chi connectivity index (χ4v) is 3.05. The number of halogens is 3. The van der Waals surface area contributed by atoms with Gasteiger partial charge in [-0.2, -0.15) is 13.2 Å². The molecule has 0 aliphatic heterocycles. The van der Waals surface area contributed by atoms with E-state index >= 15 is 0 Å². The Bertz CT molecular complexity index is 703. The number of alkyl halides is 3. The van der Waals surface area contributed by atoms with Crippen LogP contribution in [0.1, 0.15) is 22.7 Å². The highest BCUT2D eigenvalue weighted by Gasteiger charge is 2.58. The number of nitrogens with zero attached hydrogens (tertiary/aromatic N) is 2. The lowest BCUT2D eigenvalue weighted by Crippen LogP contribution is -2.46. The van der Waals surface area contributed by atoms with Crippen LogP contribution in [0.3, 0.4) is 0 Å². The quantitative estimate of drug-likeness (QED) is 0.893. The number of carbonyl (C=O) groups is 1. The summed E-state index contributed by atoms with van der Waals surface area (Å²) in [6.45, 7) is 1.69. The van der Waals surface area contributed by atoms with E-state index in [1.165, 1.54) is 19.4 Å². The summed E-state index contributed by atoms with van der Waals surface area (Å²) in [5, 5.41) is 11.1. The van der Waals surface area contributed by atoms with Crippen LogP contribution < -0.4 is 0 Å². The van der Waals surface area contributed by atoms with E-state index in [4.69, 9.17) is 0 Å². The van der Waals surface area contributed by atoms with Gasteiger partial charge in [0, 0.05) is 24.7 Å². The normalized spacial score (nSPS) is 14.2. The molecule has 1 N–H and O–H groups in total. The van der Waals surface area contributed by atoms with Gasteiger partial charge in [-0.05, 0) is 12.5 Å². The number of aliphatic hydroxyl groups is 1. The SMILES string of the molecule is Cc1csc(C(O)(CC(=O)N(C)Cc2ccccc2)C(F)(F)F)n1. The average molecular weight is 358 g/mol. The monoisotopic (exact) mass is 358 g/mol. The van der Waals surface area contributed by atoms with Crippen LogP contribution in [0, 0.1) is 6.92 Å². The zero-order valence-electron chi connectivity index (χ0n) is 13.2. The second-order valence-corrected chi connectivity index (χ2v) is 6.42. The van der Waals surface area contributed by atoms with Crippen LogP contribution in [-0.2, 0) is 16.9 Å². The third-order valence-electron chi connectivity index (χ3n) is 3.54. The fraction of sp³-hybridized carbons (Fsp3) is 0.375. The minimum atomic E-state index is -5.00. The second kappa shape index (κ2) is 6.90. The largest absolute Gasteiger partial charge is 0.424 e. The first kappa shape index (κ1) is 18.4. The van der Waals surface area contributed by atoms with Crippen molar-refractivity contribution in [2.24, 2.45) is 0 Å². The molecule has 2 rings (SSSR count). The van der Waals surface area contributed by atoms with Gasteiger partial charge in [0.05, 0.1) is 6.42 Å². The number of hydrogen-bond acceptors (Lipinski definition) is 4. The van der Waals surface area contributed by atoms with E-state index in [9.17, 15) is 23.1 Å². The van der Waals surface area contributed by atoms with Gasteiger partial charge in [0.15, 0.2) is 0 Å². The van der Waals surface area contributed by atoms with E-state index in [1.54, 1.807) is 30.3 Å². The van der Waals surface area contributed by atoms with Crippen LogP contribution in [0.25, 0.3) is 0 Å². The van der Waals surface area contributed by atoms with Crippen LogP contribution in [0.15, 0.2) is 35.7 Å². The van der Waals surface area contributed by atoms with E-state index in [-0.39, 0.29) is 6.54 Å². The molecule has 1 amide bonds. The predicted molar refractivity (Wildman–Crippen MR) is 84.3 cm³/mol. The molecule has 0 aliphatic carbocycles. The Morgan fingerprint density at radius 3 is 2.42 bits per heavy atom. The average Bonchev–Trinajstić information content (AvgIpc) is 2.94. The van der Waals surface area contributed by atoms with Crippen LogP contribution in [0.5, 0.6) is 0 Å². The zero-order valence-corrected chi connectivity index (χ0v) is 14.0. The predicted octanol–water partition coefficient (Wildman–Crippen LogP) is 3.25. The standard InChI is InChI=1S/C16H17F3N2O2S/c1-11-10-24-14(20-11)15(23,16(17,18)19)8-13(22)21(2)9-12-6-4-3-5-7-12/h3-7,10,23H,8-9H2,1-2H3. The van der Waals surface area contributed by atoms with Crippen LogP contribution in [0.4, 0.5) is 13.2 Å². The van der Waals surface area contributed by atoms with Crippen molar-refractivity contribution in [3.8, 4) is 0 Å². The molecule has 8 heteroatoms. The lowest BCUT2D eigenvalue weighted by Gasteiger charge is -2.29. The molecule has 1 heterocycles. The van der Waals surface area contributed by atoms with Crippen molar-refractivity contribution in [1.82, 2.24) is 9.88 Å². The van der Waals surface area contributed by atoms with Crippen LogP contribution in [0.2, 0.25) is 0 Å². The summed E-state index contributed by atoms with van der Waals surface area (Å²) in [5.74, 6) is -0.813. The third-order valence-corrected chi connectivity index (χ3v) is 4.65. The van der Waals surface area contributed by atoms with Crippen LogP contribution in [-0.4, -0.2) is 34.1 Å². The molecule has 130 valence electrons. The Balaban J connectivity index is 2.19. The molecule has 0 bridgehead atoms. The van der Waals surface area contributed by atoms with Crippen molar-refractivity contribution in [3.05, 3.63) is 52.0 Å². The number of thiazole rings is 1. The fourth-order valence-electron chi connectivity index (χ4n) is 2.14. The summed E-state index contributed by atoms with van der Waals surface area (Å²) in [7, 11) is 1.40. The molecule has 4 nitrogen and oxygen atoms in total. The highest BCUT2D eigenvalue weighted by Crippen LogP contribution is 2.43. The number of amides is 1. The lowest BCUT2D eigenvalue weighted by atomic mass is 9.98. The summed E-state index contributed by atoms with van der Waals surface area (Å²) in [5.41, 5.74) is -2.13. The molecule has 1 atom stereocenters. The van der Waals surface area contributed by atoms with E-state index in [1.807, 2.05) is 0 Å². The zero-order chi connectivity index (χ0) is 18.0. The summed E-state index contributed by atoms with van der Waals surface area (Å²) in [6, 6.07) is 8.89. The first-order valence-electron chi connectivity index (χ1n) is 7.13. The number of rotatable bonds is 5. The smallest absolute Gasteiger partial charge is 0.374 e. The maximum Gasteiger partial charge on any atom is 0.424 e. The van der Waals surface area contributed by atoms with Gasteiger partial charge in [-0.15, -0.1) is 11.3 Å². The van der Waals surface area contributed by atoms with Crippen molar-refractivity contribution >= 4 is 17.2 Å². The maximum absolute atomic E-state index is 13.4. The van der Waals surface area contributed by atoms with Gasteiger partial charge in [-0.1, -0.05) is 30.3 Å². The molecule has 1 aromatic heterocycles.